The van der Waals surface area contributed by atoms with Crippen LogP contribution in [0.25, 0.3) is 0 Å². The number of rotatable bonds is 16. The van der Waals surface area contributed by atoms with Gasteiger partial charge in [-0.1, -0.05) is 25.2 Å². The molecule has 0 aromatic heterocycles. The zero-order chi connectivity index (χ0) is 34.6. The molecule has 1 saturated heterocycles. The Balaban J connectivity index is 1.14. The van der Waals surface area contributed by atoms with Gasteiger partial charge in [-0.05, 0) is 98.5 Å². The van der Waals surface area contributed by atoms with Gasteiger partial charge < -0.3 is 23.7 Å². The summed E-state index contributed by atoms with van der Waals surface area (Å²) in [5.41, 5.74) is 1.43. The van der Waals surface area contributed by atoms with Gasteiger partial charge in [-0.2, -0.15) is 22.0 Å². The van der Waals surface area contributed by atoms with Gasteiger partial charge in [0.15, 0.2) is 0 Å². The van der Waals surface area contributed by atoms with E-state index >= 15 is 0 Å². The average molecular weight is 679 g/mol. The molecule has 0 N–H and O–H groups in total. The molecular weight excluding hydrogens is 642 g/mol. The van der Waals surface area contributed by atoms with Gasteiger partial charge in [0, 0.05) is 23.1 Å². The Labute approximate surface area is 275 Å². The summed E-state index contributed by atoms with van der Waals surface area (Å²) in [6.07, 6.45) is -10.2. The third kappa shape index (κ3) is 10.9. The van der Waals surface area contributed by atoms with E-state index in [1.807, 2.05) is 0 Å². The Morgan fingerprint density at radius 2 is 1.33 bits per heavy atom. The van der Waals surface area contributed by atoms with Crippen molar-refractivity contribution in [2.75, 3.05) is 33.0 Å². The molecule has 48 heavy (non-hydrogen) atoms. The molecule has 0 bridgehead atoms. The van der Waals surface area contributed by atoms with Crippen LogP contribution >= 0.6 is 0 Å². The number of carbonyl (C=O) groups excluding carboxylic acids is 1. The number of esters is 1. The molecule has 0 amide bonds. The second-order valence-electron chi connectivity index (χ2n) is 11.4. The van der Waals surface area contributed by atoms with Crippen LogP contribution in [0.2, 0.25) is 0 Å². The van der Waals surface area contributed by atoms with Crippen LogP contribution in [0.1, 0.15) is 60.5 Å². The van der Waals surface area contributed by atoms with Gasteiger partial charge in [-0.15, -0.1) is 0 Å². The first-order chi connectivity index (χ1) is 22.9. The summed E-state index contributed by atoms with van der Waals surface area (Å²) in [6.45, 7) is 5.85. The highest BCUT2D eigenvalue weighted by molar-refractivity contribution is 5.91. The molecule has 0 aliphatic carbocycles. The fourth-order valence-corrected chi connectivity index (χ4v) is 4.53. The second-order valence-corrected chi connectivity index (χ2v) is 11.4. The molecule has 3 aromatic carbocycles. The Hall–Kier alpha value is -4.21. The molecule has 1 unspecified atom stereocenters. The normalized spacial score (nSPS) is 14.6. The van der Waals surface area contributed by atoms with Crippen LogP contribution in [0.4, 0.5) is 26.3 Å². The SMILES string of the molecule is CCC1(COCCCCCCOc2ccc(C(=O)Oc3ccc(C#Cc4ccc(OC(F)(F)C(F)C(F)(F)F)cc4)cc3)cc2)COC1. The van der Waals surface area contributed by atoms with Crippen molar-refractivity contribution < 1.29 is 54.8 Å². The first-order valence-electron chi connectivity index (χ1n) is 15.5. The molecule has 4 rings (SSSR count). The van der Waals surface area contributed by atoms with Crippen molar-refractivity contribution in [3.8, 4) is 29.1 Å². The second kappa shape index (κ2) is 16.8. The van der Waals surface area contributed by atoms with Crippen molar-refractivity contribution in [1.82, 2.24) is 0 Å². The molecule has 1 aliphatic rings. The van der Waals surface area contributed by atoms with E-state index in [9.17, 15) is 31.1 Å². The van der Waals surface area contributed by atoms with Crippen molar-refractivity contribution in [3.05, 3.63) is 89.5 Å². The third-order valence-electron chi connectivity index (χ3n) is 7.62. The summed E-state index contributed by atoms with van der Waals surface area (Å²) in [5.74, 6) is 5.30. The maximum absolute atomic E-state index is 13.4. The Kier molecular flexibility index (Phi) is 12.8. The maximum atomic E-state index is 13.4. The third-order valence-corrected chi connectivity index (χ3v) is 7.62. The summed E-state index contributed by atoms with van der Waals surface area (Å²) >= 11 is 0. The van der Waals surface area contributed by atoms with E-state index < -0.39 is 30.2 Å². The van der Waals surface area contributed by atoms with Crippen LogP contribution in [0.15, 0.2) is 72.8 Å². The average Bonchev–Trinajstić information content (AvgIpc) is 3.04. The minimum atomic E-state index is -5.77. The van der Waals surface area contributed by atoms with E-state index in [0.717, 1.165) is 70.7 Å². The van der Waals surface area contributed by atoms with Gasteiger partial charge >= 0.3 is 18.3 Å². The van der Waals surface area contributed by atoms with E-state index in [1.165, 1.54) is 12.1 Å². The first-order valence-corrected chi connectivity index (χ1v) is 15.5. The number of unbranched alkanes of at least 4 members (excludes halogenated alkanes) is 3. The van der Waals surface area contributed by atoms with Crippen molar-refractivity contribution in [1.29, 1.82) is 0 Å². The first kappa shape index (κ1) is 36.6. The van der Waals surface area contributed by atoms with Gasteiger partial charge in [0.1, 0.15) is 17.2 Å². The maximum Gasteiger partial charge on any atom is 0.439 e. The number of hydrogen-bond donors (Lipinski definition) is 0. The Morgan fingerprint density at radius 1 is 0.792 bits per heavy atom. The van der Waals surface area contributed by atoms with Gasteiger partial charge in [0.05, 0.1) is 32.0 Å². The number of benzene rings is 3. The highest BCUT2D eigenvalue weighted by Crippen LogP contribution is 2.36. The largest absolute Gasteiger partial charge is 0.494 e. The zero-order valence-corrected chi connectivity index (χ0v) is 26.3. The number of carbonyl (C=O) groups is 1. The summed E-state index contributed by atoms with van der Waals surface area (Å²) in [6, 6.07) is 17.3. The lowest BCUT2D eigenvalue weighted by Crippen LogP contribution is -2.45. The minimum absolute atomic E-state index is 0.221. The molecule has 1 atom stereocenters. The van der Waals surface area contributed by atoms with Crippen LogP contribution in [0, 0.1) is 17.3 Å². The molecule has 3 aromatic rings. The molecule has 0 spiro atoms. The predicted octanol–water partition coefficient (Wildman–Crippen LogP) is 8.56. The molecule has 1 fully saturated rings. The smallest absolute Gasteiger partial charge is 0.439 e. The molecule has 0 radical (unpaired) electrons. The van der Waals surface area contributed by atoms with E-state index in [0.29, 0.717) is 29.0 Å². The van der Waals surface area contributed by atoms with Gasteiger partial charge in [0.2, 0.25) is 0 Å². The van der Waals surface area contributed by atoms with Crippen molar-refractivity contribution in [2.24, 2.45) is 5.41 Å². The fourth-order valence-electron chi connectivity index (χ4n) is 4.53. The van der Waals surface area contributed by atoms with Crippen LogP contribution in [-0.4, -0.2) is 57.5 Å². The van der Waals surface area contributed by atoms with Crippen LogP contribution in [-0.2, 0) is 9.47 Å². The Morgan fingerprint density at radius 3 is 1.85 bits per heavy atom. The summed E-state index contributed by atoms with van der Waals surface area (Å²) in [4.78, 5) is 12.6. The number of ether oxygens (including phenoxy) is 5. The summed E-state index contributed by atoms with van der Waals surface area (Å²) in [5, 5.41) is 0. The van der Waals surface area contributed by atoms with E-state index in [-0.39, 0.29) is 11.2 Å². The zero-order valence-electron chi connectivity index (χ0n) is 26.3. The van der Waals surface area contributed by atoms with E-state index in [1.54, 1.807) is 48.5 Å². The Bertz CT molecular complexity index is 1500. The summed E-state index contributed by atoms with van der Waals surface area (Å²) in [7, 11) is 0. The van der Waals surface area contributed by atoms with Gasteiger partial charge in [0.25, 0.3) is 6.17 Å². The van der Waals surface area contributed by atoms with Crippen molar-refractivity contribution >= 4 is 5.97 Å². The molecule has 12 heteroatoms. The van der Waals surface area contributed by atoms with Crippen LogP contribution in [0.5, 0.6) is 17.2 Å². The molecule has 1 heterocycles. The van der Waals surface area contributed by atoms with Crippen LogP contribution < -0.4 is 14.2 Å². The topological polar surface area (TPSA) is 63.2 Å². The van der Waals surface area contributed by atoms with E-state index in [4.69, 9.17) is 18.9 Å². The lowest BCUT2D eigenvalue weighted by Gasteiger charge is -2.40. The molecule has 0 saturated carbocycles. The predicted molar refractivity (Wildman–Crippen MR) is 165 cm³/mol. The highest BCUT2D eigenvalue weighted by Gasteiger charge is 2.59. The number of halogens is 6. The molecule has 6 nitrogen and oxygen atoms in total. The van der Waals surface area contributed by atoms with Gasteiger partial charge in [-0.25, -0.2) is 9.18 Å². The quantitative estimate of drug-likeness (QED) is 0.0498. The number of hydrogen-bond acceptors (Lipinski definition) is 6. The monoisotopic (exact) mass is 678 g/mol. The van der Waals surface area contributed by atoms with Crippen molar-refractivity contribution in [3.63, 3.8) is 0 Å². The lowest BCUT2D eigenvalue weighted by molar-refractivity contribution is -0.304. The van der Waals surface area contributed by atoms with Crippen LogP contribution in [0.3, 0.4) is 0 Å². The highest BCUT2D eigenvalue weighted by atomic mass is 19.4. The number of alkyl halides is 6. The minimum Gasteiger partial charge on any atom is -0.494 e. The van der Waals surface area contributed by atoms with E-state index in [2.05, 4.69) is 23.5 Å². The lowest BCUT2D eigenvalue weighted by atomic mass is 9.84. The molecule has 258 valence electrons. The van der Waals surface area contributed by atoms with Crippen molar-refractivity contribution in [2.45, 2.75) is 57.5 Å². The standard InChI is InChI=1S/C36H36F6O6/c1-2-34(24-45-25-34)23-44-21-5-3-4-6-22-46-29-19-13-28(14-20-29)32(43)47-30-15-9-26(10-16-30)7-8-27-11-17-31(18-12-27)48-36(41,42)33(37)35(38,39)40/h9-20,33H,2-6,21-25H2,1H3. The summed E-state index contributed by atoms with van der Waals surface area (Å²) < 4.78 is 103. The molecule has 1 aliphatic heterocycles. The fraction of sp³-hybridized carbons (Fsp3) is 0.417. The molecular formula is C36H36F6O6. The van der Waals surface area contributed by atoms with Gasteiger partial charge in [-0.3, -0.25) is 0 Å².